The van der Waals surface area contributed by atoms with Gasteiger partial charge in [-0.3, -0.25) is 0 Å². The topological polar surface area (TPSA) is 53.1 Å². The maximum absolute atomic E-state index is 5.78. The molecule has 2 rings (SSSR count). The Labute approximate surface area is 104 Å². The zero-order chi connectivity index (χ0) is 12.3. The molecule has 0 saturated carbocycles. The summed E-state index contributed by atoms with van der Waals surface area (Å²) in [6.07, 6.45) is 5.00. The van der Waals surface area contributed by atoms with E-state index in [2.05, 4.69) is 11.6 Å². The molecular formula is C12H12ClN3O. The third-order valence-electron chi connectivity index (χ3n) is 2.17. The molecular weight excluding hydrogens is 238 g/mol. The molecule has 1 aromatic carbocycles. The fourth-order valence-corrected chi connectivity index (χ4v) is 1.59. The molecule has 1 heterocycles. The van der Waals surface area contributed by atoms with Crippen molar-refractivity contribution in [1.29, 1.82) is 0 Å². The first kappa shape index (κ1) is 11.5. The predicted molar refractivity (Wildman–Crippen MR) is 68.7 cm³/mol. The lowest BCUT2D eigenvalue weighted by Gasteiger charge is -2.11. The lowest BCUT2D eigenvalue weighted by Crippen LogP contribution is -2.00. The minimum absolute atomic E-state index is 0.416. The van der Waals surface area contributed by atoms with E-state index in [-0.39, 0.29) is 0 Å². The summed E-state index contributed by atoms with van der Waals surface area (Å²) in [6.45, 7) is 4.02. The van der Waals surface area contributed by atoms with Crippen molar-refractivity contribution in [2.45, 2.75) is 0 Å². The van der Waals surface area contributed by atoms with Crippen LogP contribution in [0.25, 0.3) is 5.69 Å². The molecule has 1 aromatic heterocycles. The zero-order valence-electron chi connectivity index (χ0n) is 9.14. The number of ether oxygens (including phenoxy) is 1. The van der Waals surface area contributed by atoms with Crippen molar-refractivity contribution in [2.75, 3.05) is 12.3 Å². The SMILES string of the molecule is C=CCOc1cc(N)ccc1-n1cnc(Cl)c1. The molecule has 88 valence electrons. The van der Waals surface area contributed by atoms with E-state index in [1.54, 1.807) is 35.3 Å². The first-order valence-electron chi connectivity index (χ1n) is 5.04. The lowest BCUT2D eigenvalue weighted by molar-refractivity contribution is 0.362. The molecule has 0 aliphatic rings. The van der Waals surface area contributed by atoms with E-state index in [0.29, 0.717) is 23.2 Å². The maximum Gasteiger partial charge on any atom is 0.147 e. The monoisotopic (exact) mass is 249 g/mol. The number of anilines is 1. The van der Waals surface area contributed by atoms with E-state index in [1.807, 2.05) is 6.07 Å². The molecule has 0 spiro atoms. The van der Waals surface area contributed by atoms with Crippen molar-refractivity contribution in [1.82, 2.24) is 9.55 Å². The van der Waals surface area contributed by atoms with Crippen molar-refractivity contribution in [3.8, 4) is 11.4 Å². The van der Waals surface area contributed by atoms with Gasteiger partial charge in [0, 0.05) is 18.0 Å². The van der Waals surface area contributed by atoms with Gasteiger partial charge in [0.2, 0.25) is 0 Å². The van der Waals surface area contributed by atoms with Crippen molar-refractivity contribution in [2.24, 2.45) is 0 Å². The fourth-order valence-electron chi connectivity index (χ4n) is 1.44. The molecule has 0 aliphatic carbocycles. The van der Waals surface area contributed by atoms with Crippen LogP contribution in [0.15, 0.2) is 43.4 Å². The van der Waals surface area contributed by atoms with Crippen LogP contribution in [0.2, 0.25) is 5.15 Å². The molecule has 0 amide bonds. The van der Waals surface area contributed by atoms with E-state index in [9.17, 15) is 0 Å². The highest BCUT2D eigenvalue weighted by molar-refractivity contribution is 6.29. The van der Waals surface area contributed by atoms with Gasteiger partial charge in [0.05, 0.1) is 5.69 Å². The van der Waals surface area contributed by atoms with E-state index >= 15 is 0 Å². The number of hydrogen-bond donors (Lipinski definition) is 1. The number of rotatable bonds is 4. The average molecular weight is 250 g/mol. The maximum atomic E-state index is 5.78. The number of halogens is 1. The molecule has 0 aliphatic heterocycles. The first-order chi connectivity index (χ1) is 8.20. The van der Waals surface area contributed by atoms with Gasteiger partial charge in [-0.05, 0) is 12.1 Å². The van der Waals surface area contributed by atoms with Gasteiger partial charge < -0.3 is 15.0 Å². The van der Waals surface area contributed by atoms with Crippen LogP contribution in [0.3, 0.4) is 0 Å². The smallest absolute Gasteiger partial charge is 0.147 e. The number of hydrogen-bond acceptors (Lipinski definition) is 3. The van der Waals surface area contributed by atoms with Gasteiger partial charge >= 0.3 is 0 Å². The first-order valence-corrected chi connectivity index (χ1v) is 5.41. The molecule has 0 atom stereocenters. The predicted octanol–water partition coefficient (Wildman–Crippen LogP) is 2.67. The van der Waals surface area contributed by atoms with Gasteiger partial charge in [0.25, 0.3) is 0 Å². The van der Waals surface area contributed by atoms with Crippen LogP contribution in [0, 0.1) is 0 Å². The van der Waals surface area contributed by atoms with Crippen LogP contribution < -0.4 is 10.5 Å². The standard InChI is InChI=1S/C12H12ClN3O/c1-2-5-17-11-6-9(14)3-4-10(11)16-7-12(13)15-8-16/h2-4,6-8H,1,5,14H2. The van der Waals surface area contributed by atoms with E-state index < -0.39 is 0 Å². The van der Waals surface area contributed by atoms with Gasteiger partial charge in [-0.2, -0.15) is 0 Å². The molecule has 0 saturated heterocycles. The van der Waals surface area contributed by atoms with Crippen LogP contribution >= 0.6 is 11.6 Å². The summed E-state index contributed by atoms with van der Waals surface area (Å²) in [4.78, 5) is 3.96. The van der Waals surface area contributed by atoms with Gasteiger partial charge in [0.15, 0.2) is 0 Å². The second kappa shape index (κ2) is 4.93. The normalized spacial score (nSPS) is 10.2. The summed E-state index contributed by atoms with van der Waals surface area (Å²) in [5.41, 5.74) is 7.20. The quantitative estimate of drug-likeness (QED) is 0.670. The highest BCUT2D eigenvalue weighted by Gasteiger charge is 2.07. The molecule has 0 bridgehead atoms. The summed E-state index contributed by atoms with van der Waals surface area (Å²) in [6, 6.07) is 5.41. The lowest BCUT2D eigenvalue weighted by atomic mass is 10.2. The van der Waals surface area contributed by atoms with Crippen LogP contribution in [0.1, 0.15) is 0 Å². The number of nitrogen functional groups attached to an aromatic ring is 1. The third-order valence-corrected chi connectivity index (χ3v) is 2.36. The highest BCUT2D eigenvalue weighted by atomic mass is 35.5. The summed E-state index contributed by atoms with van der Waals surface area (Å²) in [7, 11) is 0. The molecule has 0 fully saturated rings. The molecule has 0 radical (unpaired) electrons. The second-order valence-electron chi connectivity index (χ2n) is 3.43. The molecule has 2 N–H and O–H groups in total. The Hall–Kier alpha value is -1.94. The van der Waals surface area contributed by atoms with E-state index in [1.165, 1.54) is 0 Å². The number of benzene rings is 1. The van der Waals surface area contributed by atoms with Crippen LogP contribution in [-0.4, -0.2) is 16.2 Å². The van der Waals surface area contributed by atoms with Crippen molar-refractivity contribution in [3.05, 3.63) is 48.5 Å². The van der Waals surface area contributed by atoms with Crippen LogP contribution in [-0.2, 0) is 0 Å². The summed E-state index contributed by atoms with van der Waals surface area (Å²) in [5.74, 6) is 0.666. The van der Waals surface area contributed by atoms with Gasteiger partial charge in [-0.1, -0.05) is 24.3 Å². The minimum Gasteiger partial charge on any atom is -0.487 e. The number of nitrogens with zero attached hydrogens (tertiary/aromatic N) is 2. The number of aromatic nitrogens is 2. The third kappa shape index (κ3) is 2.60. The Balaban J connectivity index is 2.41. The Bertz CT molecular complexity index is 536. The van der Waals surface area contributed by atoms with Gasteiger partial charge in [0.1, 0.15) is 23.8 Å². The largest absolute Gasteiger partial charge is 0.487 e. The molecule has 17 heavy (non-hydrogen) atoms. The Morgan fingerprint density at radius 1 is 1.53 bits per heavy atom. The van der Waals surface area contributed by atoms with Crippen molar-refractivity contribution >= 4 is 17.3 Å². The van der Waals surface area contributed by atoms with E-state index in [0.717, 1.165) is 5.69 Å². The highest BCUT2D eigenvalue weighted by Crippen LogP contribution is 2.26. The van der Waals surface area contributed by atoms with Crippen molar-refractivity contribution in [3.63, 3.8) is 0 Å². The Morgan fingerprint density at radius 2 is 2.35 bits per heavy atom. The number of imidazole rings is 1. The summed E-state index contributed by atoms with van der Waals surface area (Å²) < 4.78 is 7.32. The fraction of sp³-hybridized carbons (Fsp3) is 0.0833. The van der Waals surface area contributed by atoms with Crippen LogP contribution in [0.5, 0.6) is 5.75 Å². The number of nitrogens with two attached hydrogens (primary N) is 1. The van der Waals surface area contributed by atoms with E-state index in [4.69, 9.17) is 22.1 Å². The van der Waals surface area contributed by atoms with Gasteiger partial charge in [-0.25, -0.2) is 4.98 Å². The second-order valence-corrected chi connectivity index (χ2v) is 3.82. The van der Waals surface area contributed by atoms with Crippen LogP contribution in [0.4, 0.5) is 5.69 Å². The summed E-state index contributed by atoms with van der Waals surface area (Å²) >= 11 is 5.78. The molecule has 5 heteroatoms. The molecule has 2 aromatic rings. The Morgan fingerprint density at radius 3 is 3.00 bits per heavy atom. The Kier molecular flexibility index (Phi) is 3.35. The van der Waals surface area contributed by atoms with Gasteiger partial charge in [-0.15, -0.1) is 0 Å². The average Bonchev–Trinajstić information content (AvgIpc) is 2.73. The zero-order valence-corrected chi connectivity index (χ0v) is 9.89. The molecule has 0 unspecified atom stereocenters. The minimum atomic E-state index is 0.416. The van der Waals surface area contributed by atoms with Crippen molar-refractivity contribution < 1.29 is 4.74 Å². The summed E-state index contributed by atoms with van der Waals surface area (Å²) in [5, 5.41) is 0.427. The molecule has 4 nitrogen and oxygen atoms in total.